The molecule has 0 aliphatic rings. The van der Waals surface area contributed by atoms with Crippen molar-refractivity contribution in [2.75, 3.05) is 25.4 Å². The minimum atomic E-state index is -0.406. The van der Waals surface area contributed by atoms with Gasteiger partial charge in [-0.3, -0.25) is 14.4 Å². The summed E-state index contributed by atoms with van der Waals surface area (Å²) in [5.74, 6) is -0.960. The number of carbonyl (C=O) groups excluding carboxylic acids is 3. The zero-order chi connectivity index (χ0) is 11.7. The molecule has 0 aliphatic heterocycles. The predicted molar refractivity (Wildman–Crippen MR) is 58.6 cm³/mol. The van der Waals surface area contributed by atoms with Crippen molar-refractivity contribution < 1.29 is 14.4 Å². The molecular weight excluding hydrogens is 218 g/mol. The van der Waals surface area contributed by atoms with Crippen LogP contribution in [0, 0.1) is 0 Å². The van der Waals surface area contributed by atoms with E-state index >= 15 is 0 Å². The Balaban J connectivity index is 3.57. The van der Waals surface area contributed by atoms with Crippen molar-refractivity contribution in [3.05, 3.63) is 0 Å². The van der Waals surface area contributed by atoms with E-state index in [9.17, 15) is 14.4 Å². The van der Waals surface area contributed by atoms with Crippen LogP contribution in [0.5, 0.6) is 0 Å². The first-order valence-electron chi connectivity index (χ1n) is 4.51. The van der Waals surface area contributed by atoms with E-state index in [1.165, 1.54) is 0 Å². The molecule has 0 bridgehead atoms. The average Bonchev–Trinajstić information content (AvgIpc) is 2.23. The summed E-state index contributed by atoms with van der Waals surface area (Å²) >= 11 is 3.72. The highest BCUT2D eigenvalue weighted by Crippen LogP contribution is 1.73. The zero-order valence-corrected chi connectivity index (χ0v) is 9.39. The Morgan fingerprint density at radius 3 is 1.87 bits per heavy atom. The van der Waals surface area contributed by atoms with Gasteiger partial charge in [-0.25, -0.2) is 0 Å². The molecule has 3 N–H and O–H groups in total. The lowest BCUT2D eigenvalue weighted by Gasteiger charge is -2.05. The summed E-state index contributed by atoms with van der Waals surface area (Å²) in [6.45, 7) is 2.08. The Hall–Kier alpha value is -1.24. The van der Waals surface area contributed by atoms with Crippen molar-refractivity contribution in [1.82, 2.24) is 16.0 Å². The second kappa shape index (κ2) is 8.10. The van der Waals surface area contributed by atoms with Crippen LogP contribution in [-0.4, -0.2) is 43.1 Å². The minimum Gasteiger partial charge on any atom is -0.355 e. The lowest BCUT2D eigenvalue weighted by atomic mass is 10.5. The number of amides is 3. The van der Waals surface area contributed by atoms with E-state index in [-0.39, 0.29) is 30.7 Å². The van der Waals surface area contributed by atoms with Crippen LogP contribution in [0.1, 0.15) is 6.92 Å². The lowest BCUT2D eigenvalue weighted by molar-refractivity contribution is -0.127. The highest BCUT2D eigenvalue weighted by atomic mass is 32.1. The van der Waals surface area contributed by atoms with Gasteiger partial charge in [0.25, 0.3) is 0 Å². The largest absolute Gasteiger partial charge is 0.355 e. The fourth-order valence-electron chi connectivity index (χ4n) is 0.736. The number of carbonyl (C=O) groups is 3. The zero-order valence-electron chi connectivity index (χ0n) is 8.50. The molecule has 0 saturated carbocycles. The summed E-state index contributed by atoms with van der Waals surface area (Å²) in [7, 11) is 0. The molecule has 0 unspecified atom stereocenters. The van der Waals surface area contributed by atoms with Crippen molar-refractivity contribution in [3.63, 3.8) is 0 Å². The van der Waals surface area contributed by atoms with Gasteiger partial charge in [0.15, 0.2) is 0 Å². The topological polar surface area (TPSA) is 87.3 Å². The van der Waals surface area contributed by atoms with E-state index in [4.69, 9.17) is 0 Å². The fraction of sp³-hybridized carbons (Fsp3) is 0.625. The number of hydrogen-bond acceptors (Lipinski definition) is 4. The van der Waals surface area contributed by atoms with Crippen LogP contribution >= 0.6 is 12.6 Å². The summed E-state index contributed by atoms with van der Waals surface area (Å²) < 4.78 is 0. The van der Waals surface area contributed by atoms with Gasteiger partial charge in [0.1, 0.15) is 0 Å². The molecule has 7 heteroatoms. The number of likely N-dealkylation sites (N-methyl/N-ethyl adjacent to an activating group) is 1. The van der Waals surface area contributed by atoms with Crippen LogP contribution < -0.4 is 16.0 Å². The average molecular weight is 233 g/mol. The fourth-order valence-corrected chi connectivity index (χ4v) is 0.848. The van der Waals surface area contributed by atoms with E-state index in [0.717, 1.165) is 0 Å². The van der Waals surface area contributed by atoms with Gasteiger partial charge in [0, 0.05) is 6.54 Å². The van der Waals surface area contributed by atoms with Crippen molar-refractivity contribution in [2.45, 2.75) is 6.92 Å². The Bertz CT molecular complexity index is 245. The Morgan fingerprint density at radius 1 is 0.933 bits per heavy atom. The van der Waals surface area contributed by atoms with Crippen LogP contribution in [-0.2, 0) is 14.4 Å². The van der Waals surface area contributed by atoms with Crippen LogP contribution in [0.2, 0.25) is 0 Å². The molecule has 0 aromatic carbocycles. The molecule has 0 spiro atoms. The third-order valence-electron chi connectivity index (χ3n) is 1.41. The molecule has 0 radical (unpaired) electrons. The Labute approximate surface area is 93.6 Å². The van der Waals surface area contributed by atoms with Crippen LogP contribution in [0.3, 0.4) is 0 Å². The van der Waals surface area contributed by atoms with E-state index in [1.807, 2.05) is 0 Å². The van der Waals surface area contributed by atoms with Crippen molar-refractivity contribution in [1.29, 1.82) is 0 Å². The van der Waals surface area contributed by atoms with Gasteiger partial charge in [0.05, 0.1) is 18.8 Å². The summed E-state index contributed by atoms with van der Waals surface area (Å²) in [5, 5.41) is 7.21. The van der Waals surface area contributed by atoms with Gasteiger partial charge in [-0.05, 0) is 6.92 Å². The Morgan fingerprint density at radius 2 is 1.40 bits per heavy atom. The summed E-state index contributed by atoms with van der Waals surface area (Å²) in [6, 6.07) is 0. The molecule has 0 aromatic heterocycles. The van der Waals surface area contributed by atoms with E-state index in [0.29, 0.717) is 6.54 Å². The van der Waals surface area contributed by atoms with Crippen molar-refractivity contribution >= 4 is 30.4 Å². The molecule has 86 valence electrons. The van der Waals surface area contributed by atoms with Gasteiger partial charge < -0.3 is 16.0 Å². The standard InChI is InChI=1S/C8H15N3O3S/c1-2-9-6(12)3-10-7(13)4-11-8(14)5-15/h15H,2-5H2,1H3,(H,9,12)(H,10,13)(H,11,14). The molecule has 3 amide bonds. The maximum absolute atomic E-state index is 11.0. The van der Waals surface area contributed by atoms with Gasteiger partial charge in [0.2, 0.25) is 17.7 Å². The summed E-state index contributed by atoms with van der Waals surface area (Å²) in [5.41, 5.74) is 0. The molecular formula is C8H15N3O3S. The molecule has 15 heavy (non-hydrogen) atoms. The molecule has 0 saturated heterocycles. The first-order chi connectivity index (χ1) is 7.10. The molecule has 0 fully saturated rings. The molecule has 6 nitrogen and oxygen atoms in total. The Kier molecular flexibility index (Phi) is 7.43. The second-order valence-corrected chi connectivity index (χ2v) is 2.98. The monoisotopic (exact) mass is 233 g/mol. The third-order valence-corrected chi connectivity index (χ3v) is 1.70. The smallest absolute Gasteiger partial charge is 0.239 e. The maximum Gasteiger partial charge on any atom is 0.239 e. The number of thiol groups is 1. The summed E-state index contributed by atoms with van der Waals surface area (Å²) in [4.78, 5) is 32.7. The first-order valence-corrected chi connectivity index (χ1v) is 5.14. The van der Waals surface area contributed by atoms with Gasteiger partial charge >= 0.3 is 0 Å². The maximum atomic E-state index is 11.0. The summed E-state index contributed by atoms with van der Waals surface area (Å²) in [6.07, 6.45) is 0. The normalized spacial score (nSPS) is 9.20. The van der Waals surface area contributed by atoms with Crippen LogP contribution in [0.15, 0.2) is 0 Å². The van der Waals surface area contributed by atoms with Crippen molar-refractivity contribution in [3.8, 4) is 0 Å². The molecule has 0 atom stereocenters. The quantitative estimate of drug-likeness (QED) is 0.412. The van der Waals surface area contributed by atoms with Gasteiger partial charge in [-0.2, -0.15) is 12.6 Å². The first kappa shape index (κ1) is 13.8. The molecule has 0 rings (SSSR count). The molecule has 0 heterocycles. The highest BCUT2D eigenvalue weighted by Gasteiger charge is 2.05. The lowest BCUT2D eigenvalue weighted by Crippen LogP contribution is -2.42. The van der Waals surface area contributed by atoms with E-state index in [1.54, 1.807) is 6.92 Å². The SMILES string of the molecule is CCNC(=O)CNC(=O)CNC(=O)CS. The van der Waals surface area contributed by atoms with E-state index in [2.05, 4.69) is 28.6 Å². The van der Waals surface area contributed by atoms with Crippen molar-refractivity contribution in [2.24, 2.45) is 0 Å². The van der Waals surface area contributed by atoms with Gasteiger partial charge in [-0.15, -0.1) is 0 Å². The number of rotatable bonds is 6. The van der Waals surface area contributed by atoms with Crippen LogP contribution in [0.25, 0.3) is 0 Å². The highest BCUT2D eigenvalue weighted by molar-refractivity contribution is 7.81. The molecule has 0 aromatic rings. The minimum absolute atomic E-state index is 0.0314. The third kappa shape index (κ3) is 7.80. The second-order valence-electron chi connectivity index (χ2n) is 2.67. The van der Waals surface area contributed by atoms with Crippen LogP contribution in [0.4, 0.5) is 0 Å². The predicted octanol–water partition coefficient (Wildman–Crippen LogP) is -1.72. The molecule has 0 aliphatic carbocycles. The van der Waals surface area contributed by atoms with E-state index < -0.39 is 5.91 Å². The number of hydrogen-bond donors (Lipinski definition) is 4. The van der Waals surface area contributed by atoms with Gasteiger partial charge in [-0.1, -0.05) is 0 Å². The number of nitrogens with one attached hydrogen (secondary N) is 3.